The van der Waals surface area contributed by atoms with Crippen molar-refractivity contribution in [3.8, 4) is 0 Å². The van der Waals surface area contributed by atoms with Gasteiger partial charge in [-0.3, -0.25) is 0 Å². The second-order valence-corrected chi connectivity index (χ2v) is 4.50. The van der Waals surface area contributed by atoms with Crippen molar-refractivity contribution < 1.29 is 19.3 Å². The number of hydrogen-bond acceptors (Lipinski definition) is 5. The maximum Gasteiger partial charge on any atom is 0.496 e. The molecule has 0 aliphatic heterocycles. The van der Waals surface area contributed by atoms with E-state index in [1.807, 2.05) is 0 Å². The molecule has 0 saturated heterocycles. The van der Waals surface area contributed by atoms with Gasteiger partial charge < -0.3 is 19.3 Å². The van der Waals surface area contributed by atoms with Crippen molar-refractivity contribution in [2.45, 2.75) is 38.9 Å². The molecule has 0 aliphatic rings. The van der Waals surface area contributed by atoms with E-state index in [1.54, 1.807) is 27.7 Å². The lowest BCUT2D eigenvalue weighted by atomic mass is 9.78. The third-order valence-corrected chi connectivity index (χ3v) is 2.62. The molecule has 5 nitrogen and oxygen atoms in total. The van der Waals surface area contributed by atoms with Crippen LogP contribution in [0.4, 0.5) is 0 Å². The second-order valence-electron chi connectivity index (χ2n) is 4.50. The summed E-state index contributed by atoms with van der Waals surface area (Å²) in [5.74, 6) is 0. The molecule has 15 heavy (non-hydrogen) atoms. The van der Waals surface area contributed by atoms with Gasteiger partial charge in [0.15, 0.2) is 0 Å². The van der Waals surface area contributed by atoms with E-state index in [2.05, 4.69) is 9.68 Å². The Balaban J connectivity index is 2.70. The summed E-state index contributed by atoms with van der Waals surface area (Å²) in [6.07, 6.45) is 2.66. The molecular weight excluding hydrogens is 197 g/mol. The lowest BCUT2D eigenvalue weighted by molar-refractivity contribution is -0.0982. The average Bonchev–Trinajstić information content (AvgIpc) is 2.51. The van der Waals surface area contributed by atoms with E-state index in [9.17, 15) is 10.1 Å². The average molecular weight is 213 g/mol. The molecular formula is C9H16BNO4. The molecule has 1 aromatic rings. The smallest absolute Gasteiger partial charge is 0.423 e. The highest BCUT2D eigenvalue weighted by atomic mass is 16.5. The van der Waals surface area contributed by atoms with Gasteiger partial charge in [0.25, 0.3) is 0 Å². The number of aromatic nitrogens is 1. The fraction of sp³-hybridized carbons (Fsp3) is 0.667. The first-order valence-electron chi connectivity index (χ1n) is 4.71. The maximum atomic E-state index is 9.82. The van der Waals surface area contributed by atoms with E-state index in [0.29, 0.717) is 5.46 Å². The van der Waals surface area contributed by atoms with Crippen molar-refractivity contribution in [3.05, 3.63) is 12.5 Å². The van der Waals surface area contributed by atoms with Gasteiger partial charge in [-0.1, -0.05) is 5.16 Å². The van der Waals surface area contributed by atoms with Crippen LogP contribution in [0.3, 0.4) is 0 Å². The predicted octanol–water partition coefficient (Wildman–Crippen LogP) is -0.0718. The number of nitrogens with zero attached hydrogens (tertiary/aromatic N) is 1. The fourth-order valence-electron chi connectivity index (χ4n) is 0.826. The normalized spacial score (nSPS) is 12.9. The summed E-state index contributed by atoms with van der Waals surface area (Å²) in [5.41, 5.74) is -1.53. The van der Waals surface area contributed by atoms with E-state index >= 15 is 0 Å². The van der Waals surface area contributed by atoms with Gasteiger partial charge in [-0.15, -0.1) is 0 Å². The summed E-state index contributed by atoms with van der Waals surface area (Å²) in [5, 5.41) is 22.9. The highest BCUT2D eigenvalue weighted by Crippen LogP contribution is 2.25. The van der Waals surface area contributed by atoms with E-state index in [-0.39, 0.29) is 0 Å². The molecule has 0 fully saturated rings. The van der Waals surface area contributed by atoms with Crippen molar-refractivity contribution in [2.75, 3.05) is 0 Å². The molecule has 84 valence electrons. The first kappa shape index (κ1) is 12.2. The van der Waals surface area contributed by atoms with Gasteiger partial charge in [-0.25, -0.2) is 0 Å². The maximum absolute atomic E-state index is 9.82. The Morgan fingerprint density at radius 3 is 2.40 bits per heavy atom. The summed E-state index contributed by atoms with van der Waals surface area (Å²) >= 11 is 0. The molecule has 1 heterocycles. The summed E-state index contributed by atoms with van der Waals surface area (Å²) in [7, 11) is -1.15. The Kier molecular flexibility index (Phi) is 3.23. The molecule has 0 amide bonds. The monoisotopic (exact) mass is 213 g/mol. The molecule has 2 N–H and O–H groups in total. The number of hydrogen-bond donors (Lipinski definition) is 2. The van der Waals surface area contributed by atoms with Crippen molar-refractivity contribution >= 4 is 12.6 Å². The van der Waals surface area contributed by atoms with Crippen LogP contribution < -0.4 is 5.46 Å². The molecule has 0 spiro atoms. The second kappa shape index (κ2) is 3.96. The molecule has 0 unspecified atom stereocenters. The molecule has 1 rings (SSSR count). The molecule has 0 radical (unpaired) electrons. The minimum absolute atomic E-state index is 0.423. The van der Waals surface area contributed by atoms with Crippen LogP contribution in [0.1, 0.15) is 27.7 Å². The van der Waals surface area contributed by atoms with Gasteiger partial charge in [-0.05, 0) is 27.7 Å². The van der Waals surface area contributed by atoms with Gasteiger partial charge in [-0.2, -0.15) is 0 Å². The molecule has 1 aromatic heterocycles. The predicted molar refractivity (Wildman–Crippen MR) is 55.6 cm³/mol. The molecule has 0 bridgehead atoms. The first-order chi connectivity index (χ1) is 6.74. The first-order valence-corrected chi connectivity index (χ1v) is 4.71. The third kappa shape index (κ3) is 2.81. The van der Waals surface area contributed by atoms with Gasteiger partial charge in [0.1, 0.15) is 6.26 Å². The largest absolute Gasteiger partial charge is 0.496 e. The number of rotatable bonds is 4. The Morgan fingerprint density at radius 2 is 2.00 bits per heavy atom. The standard InChI is InChI=1S/C9H16BNO4/c1-8(2,12)9(3,4)15-10(13)7-5-11-14-6-7/h5-6,12-13H,1-4H3. The van der Waals surface area contributed by atoms with E-state index in [1.165, 1.54) is 12.5 Å². The highest BCUT2D eigenvalue weighted by molar-refractivity contribution is 6.59. The zero-order valence-corrected chi connectivity index (χ0v) is 9.39. The SMILES string of the molecule is CC(C)(O)C(C)(C)OB(O)c1cnoc1. The lowest BCUT2D eigenvalue weighted by Gasteiger charge is -2.38. The Morgan fingerprint density at radius 1 is 1.40 bits per heavy atom. The fourth-order valence-corrected chi connectivity index (χ4v) is 0.826. The van der Waals surface area contributed by atoms with Crippen LogP contribution in [0.25, 0.3) is 0 Å². The zero-order valence-electron chi connectivity index (χ0n) is 9.39. The third-order valence-electron chi connectivity index (χ3n) is 2.62. The summed E-state index contributed by atoms with van der Waals surface area (Å²) < 4.78 is 9.94. The molecule has 0 saturated carbocycles. The Labute approximate surface area is 89.2 Å². The van der Waals surface area contributed by atoms with E-state index in [4.69, 9.17) is 4.65 Å². The summed E-state index contributed by atoms with van der Waals surface area (Å²) in [6.45, 7) is 6.63. The Hall–Kier alpha value is -0.845. The van der Waals surface area contributed by atoms with Crippen LogP contribution >= 0.6 is 0 Å². The van der Waals surface area contributed by atoms with Gasteiger partial charge in [0.05, 0.1) is 17.4 Å². The van der Waals surface area contributed by atoms with Crippen LogP contribution in [0.15, 0.2) is 17.0 Å². The zero-order chi connectivity index (χ0) is 11.7. The summed E-state index contributed by atoms with van der Waals surface area (Å²) in [4.78, 5) is 0. The minimum atomic E-state index is -1.15. The van der Waals surface area contributed by atoms with Crippen molar-refractivity contribution in [2.24, 2.45) is 0 Å². The van der Waals surface area contributed by atoms with Crippen LogP contribution in [0, 0.1) is 0 Å². The van der Waals surface area contributed by atoms with Crippen LogP contribution in [-0.2, 0) is 4.65 Å². The quantitative estimate of drug-likeness (QED) is 0.684. The van der Waals surface area contributed by atoms with Crippen molar-refractivity contribution in [3.63, 3.8) is 0 Å². The Bertz CT molecular complexity index is 304. The van der Waals surface area contributed by atoms with Crippen LogP contribution in [0.2, 0.25) is 0 Å². The van der Waals surface area contributed by atoms with E-state index in [0.717, 1.165) is 0 Å². The van der Waals surface area contributed by atoms with Crippen molar-refractivity contribution in [1.29, 1.82) is 0 Å². The van der Waals surface area contributed by atoms with Gasteiger partial charge in [0, 0.05) is 5.46 Å². The topological polar surface area (TPSA) is 75.7 Å². The van der Waals surface area contributed by atoms with E-state index < -0.39 is 18.3 Å². The van der Waals surface area contributed by atoms with Crippen molar-refractivity contribution in [1.82, 2.24) is 5.16 Å². The summed E-state index contributed by atoms with van der Waals surface area (Å²) in [6, 6.07) is 0. The van der Waals surface area contributed by atoms with Crippen LogP contribution in [-0.4, -0.2) is 33.6 Å². The minimum Gasteiger partial charge on any atom is -0.423 e. The highest BCUT2D eigenvalue weighted by Gasteiger charge is 2.39. The molecule has 0 aromatic carbocycles. The molecule has 0 atom stereocenters. The molecule has 6 heteroatoms. The number of aliphatic hydroxyl groups is 1. The molecule has 0 aliphatic carbocycles. The lowest BCUT2D eigenvalue weighted by Crippen LogP contribution is -2.52. The van der Waals surface area contributed by atoms with Crippen LogP contribution in [0.5, 0.6) is 0 Å². The van der Waals surface area contributed by atoms with Gasteiger partial charge in [0.2, 0.25) is 0 Å². The van der Waals surface area contributed by atoms with Gasteiger partial charge >= 0.3 is 7.12 Å².